The molecule has 1 aromatic heterocycles. The predicted octanol–water partition coefficient (Wildman–Crippen LogP) is 2.79. The number of hydrogen-bond acceptors (Lipinski definition) is 5. The molecule has 7 heteroatoms. The molecule has 0 radical (unpaired) electrons. The smallest absolute Gasteiger partial charge is 0.333 e. The van der Waals surface area contributed by atoms with Gasteiger partial charge < -0.3 is 10.1 Å². The summed E-state index contributed by atoms with van der Waals surface area (Å²) in [7, 11) is 1.70. The lowest BCUT2D eigenvalue weighted by molar-refractivity contribution is -0.384. The molecule has 7 nitrogen and oxygen atoms in total. The highest BCUT2D eigenvalue weighted by atomic mass is 16.6. The van der Waals surface area contributed by atoms with Crippen molar-refractivity contribution in [2.24, 2.45) is 7.05 Å². The first-order valence-corrected chi connectivity index (χ1v) is 7.63. The first-order valence-electron chi connectivity index (χ1n) is 7.63. The lowest BCUT2D eigenvalue weighted by Gasteiger charge is -2.15. The Morgan fingerprint density at radius 3 is 2.67 bits per heavy atom. The molecule has 0 spiro atoms. The Morgan fingerprint density at radius 1 is 1.38 bits per heavy atom. The van der Waals surface area contributed by atoms with Gasteiger partial charge in [0, 0.05) is 13.6 Å². The highest BCUT2D eigenvalue weighted by Crippen LogP contribution is 2.27. The first-order chi connectivity index (χ1) is 10.1. The SMILES string of the molecule is Cc1nn(C)c(NCCOC2CCCCCC2)c1[N+](=O)[O-]. The number of aromatic nitrogens is 2. The fourth-order valence-electron chi connectivity index (χ4n) is 2.87. The second-order valence-electron chi connectivity index (χ2n) is 5.57. The number of aryl methyl sites for hydroxylation is 2. The number of anilines is 1. The zero-order valence-corrected chi connectivity index (χ0v) is 12.8. The lowest BCUT2D eigenvalue weighted by Crippen LogP contribution is -2.18. The highest BCUT2D eigenvalue weighted by Gasteiger charge is 2.23. The van der Waals surface area contributed by atoms with Crippen molar-refractivity contribution < 1.29 is 9.66 Å². The normalized spacial score (nSPS) is 16.7. The van der Waals surface area contributed by atoms with E-state index in [-0.39, 0.29) is 5.69 Å². The van der Waals surface area contributed by atoms with E-state index in [0.717, 1.165) is 12.8 Å². The van der Waals surface area contributed by atoms with Gasteiger partial charge in [-0.25, -0.2) is 4.68 Å². The zero-order valence-electron chi connectivity index (χ0n) is 12.8. The summed E-state index contributed by atoms with van der Waals surface area (Å²) in [6.07, 6.45) is 7.69. The third kappa shape index (κ3) is 4.17. The van der Waals surface area contributed by atoms with Crippen LogP contribution in [0.15, 0.2) is 0 Å². The average Bonchev–Trinajstić information content (AvgIpc) is 2.62. The van der Waals surface area contributed by atoms with Crippen LogP contribution in [0.4, 0.5) is 11.5 Å². The van der Waals surface area contributed by atoms with E-state index in [1.54, 1.807) is 14.0 Å². The third-order valence-electron chi connectivity index (χ3n) is 3.92. The Bertz CT molecular complexity index is 479. The number of nitrogens with zero attached hydrogens (tertiary/aromatic N) is 3. The molecule has 0 bridgehead atoms. The largest absolute Gasteiger partial charge is 0.376 e. The highest BCUT2D eigenvalue weighted by molar-refractivity contribution is 5.59. The molecule has 1 aliphatic carbocycles. The van der Waals surface area contributed by atoms with Crippen molar-refractivity contribution in [3.63, 3.8) is 0 Å². The molecule has 0 saturated heterocycles. The summed E-state index contributed by atoms with van der Waals surface area (Å²) in [6, 6.07) is 0. The van der Waals surface area contributed by atoms with Crippen molar-refractivity contribution in [1.82, 2.24) is 9.78 Å². The molecule has 0 unspecified atom stereocenters. The molecule has 0 atom stereocenters. The van der Waals surface area contributed by atoms with Crippen LogP contribution in [0.1, 0.15) is 44.2 Å². The molecule has 1 heterocycles. The van der Waals surface area contributed by atoms with Crippen molar-refractivity contribution >= 4 is 11.5 Å². The average molecular weight is 296 g/mol. The summed E-state index contributed by atoms with van der Waals surface area (Å²) in [4.78, 5) is 10.7. The molecule has 0 aromatic carbocycles. The molecule has 21 heavy (non-hydrogen) atoms. The Labute approximate surface area is 124 Å². The number of nitrogens with one attached hydrogen (secondary N) is 1. The number of rotatable bonds is 6. The van der Waals surface area contributed by atoms with Crippen LogP contribution in [-0.4, -0.2) is 34.0 Å². The van der Waals surface area contributed by atoms with E-state index >= 15 is 0 Å². The van der Waals surface area contributed by atoms with Crippen molar-refractivity contribution in [2.75, 3.05) is 18.5 Å². The predicted molar refractivity (Wildman–Crippen MR) is 80.5 cm³/mol. The van der Waals surface area contributed by atoms with Crippen LogP contribution in [0.5, 0.6) is 0 Å². The van der Waals surface area contributed by atoms with Gasteiger partial charge in [0.25, 0.3) is 0 Å². The van der Waals surface area contributed by atoms with Gasteiger partial charge in [-0.15, -0.1) is 0 Å². The summed E-state index contributed by atoms with van der Waals surface area (Å²) in [6.45, 7) is 2.76. The summed E-state index contributed by atoms with van der Waals surface area (Å²) < 4.78 is 7.38. The van der Waals surface area contributed by atoms with Crippen LogP contribution in [-0.2, 0) is 11.8 Å². The van der Waals surface area contributed by atoms with Crippen LogP contribution in [0.2, 0.25) is 0 Å². The van der Waals surface area contributed by atoms with Crippen molar-refractivity contribution in [3.05, 3.63) is 15.8 Å². The maximum atomic E-state index is 11.1. The Morgan fingerprint density at radius 2 is 2.05 bits per heavy atom. The van der Waals surface area contributed by atoms with Gasteiger partial charge in [0.15, 0.2) is 0 Å². The lowest BCUT2D eigenvalue weighted by atomic mass is 10.1. The molecule has 0 amide bonds. The summed E-state index contributed by atoms with van der Waals surface area (Å²) in [5, 5.41) is 18.2. The van der Waals surface area contributed by atoms with E-state index < -0.39 is 4.92 Å². The topological polar surface area (TPSA) is 82.2 Å². The Hall–Kier alpha value is -1.63. The van der Waals surface area contributed by atoms with Crippen molar-refractivity contribution in [1.29, 1.82) is 0 Å². The van der Waals surface area contributed by atoms with Crippen molar-refractivity contribution in [3.8, 4) is 0 Å². The fraction of sp³-hybridized carbons (Fsp3) is 0.786. The quantitative estimate of drug-likeness (QED) is 0.378. The van der Waals surface area contributed by atoms with E-state index in [1.807, 2.05) is 0 Å². The Balaban J connectivity index is 1.82. The molecular formula is C14H24N4O3. The van der Waals surface area contributed by atoms with Crippen LogP contribution in [0.3, 0.4) is 0 Å². The van der Waals surface area contributed by atoms with Crippen LogP contribution in [0.25, 0.3) is 0 Å². The Kier molecular flexibility index (Phi) is 5.55. The maximum Gasteiger partial charge on any atom is 0.333 e. The maximum absolute atomic E-state index is 11.1. The van der Waals surface area contributed by atoms with E-state index in [4.69, 9.17) is 4.74 Å². The van der Waals surface area contributed by atoms with E-state index in [0.29, 0.717) is 30.8 Å². The van der Waals surface area contributed by atoms with E-state index in [2.05, 4.69) is 10.4 Å². The van der Waals surface area contributed by atoms with Gasteiger partial charge in [-0.1, -0.05) is 25.7 Å². The number of nitro groups is 1. The van der Waals surface area contributed by atoms with Crippen LogP contribution >= 0.6 is 0 Å². The van der Waals surface area contributed by atoms with Gasteiger partial charge >= 0.3 is 5.69 Å². The van der Waals surface area contributed by atoms with E-state index in [9.17, 15) is 10.1 Å². The van der Waals surface area contributed by atoms with Gasteiger partial charge in [-0.05, 0) is 19.8 Å². The van der Waals surface area contributed by atoms with Gasteiger partial charge in [0.1, 0.15) is 5.69 Å². The molecule has 1 N–H and O–H groups in total. The third-order valence-corrected chi connectivity index (χ3v) is 3.92. The second-order valence-corrected chi connectivity index (χ2v) is 5.57. The van der Waals surface area contributed by atoms with Gasteiger partial charge in [-0.3, -0.25) is 10.1 Å². The summed E-state index contributed by atoms with van der Waals surface area (Å²) in [5.74, 6) is 0.446. The van der Waals surface area contributed by atoms with E-state index in [1.165, 1.54) is 30.4 Å². The monoisotopic (exact) mass is 296 g/mol. The van der Waals surface area contributed by atoms with Crippen molar-refractivity contribution in [2.45, 2.75) is 51.6 Å². The fourth-order valence-corrected chi connectivity index (χ4v) is 2.87. The zero-order chi connectivity index (χ0) is 15.2. The molecule has 1 saturated carbocycles. The van der Waals surface area contributed by atoms with Gasteiger partial charge in [-0.2, -0.15) is 5.10 Å². The molecule has 1 fully saturated rings. The molecular weight excluding hydrogens is 272 g/mol. The van der Waals surface area contributed by atoms with Gasteiger partial charge in [0.2, 0.25) is 5.82 Å². The first kappa shape index (κ1) is 15.8. The molecule has 1 aromatic rings. The van der Waals surface area contributed by atoms with Crippen LogP contribution < -0.4 is 5.32 Å². The second kappa shape index (κ2) is 7.40. The molecule has 2 rings (SSSR count). The minimum atomic E-state index is -0.392. The number of ether oxygens (including phenoxy) is 1. The summed E-state index contributed by atoms with van der Waals surface area (Å²) >= 11 is 0. The molecule has 1 aliphatic rings. The minimum Gasteiger partial charge on any atom is -0.376 e. The van der Waals surface area contributed by atoms with Gasteiger partial charge in [0.05, 0.1) is 17.6 Å². The number of hydrogen-bond donors (Lipinski definition) is 1. The van der Waals surface area contributed by atoms with Crippen LogP contribution in [0, 0.1) is 17.0 Å². The molecule has 0 aliphatic heterocycles. The molecule has 118 valence electrons. The standard InChI is InChI=1S/C14H24N4O3/c1-11-13(18(19)20)14(17(2)16-11)15-9-10-21-12-7-5-3-4-6-8-12/h12,15H,3-10H2,1-2H3. The summed E-state index contributed by atoms with van der Waals surface area (Å²) in [5.41, 5.74) is 0.474. The minimum absolute atomic E-state index is 0.0481.